The summed E-state index contributed by atoms with van der Waals surface area (Å²) in [5.74, 6) is 0.147. The van der Waals surface area contributed by atoms with Crippen molar-refractivity contribution in [1.82, 2.24) is 4.31 Å². The lowest BCUT2D eigenvalue weighted by atomic mass is 10.0. The molecule has 2 atom stereocenters. The molecular formula is C17H24FNO3S. The molecule has 128 valence electrons. The highest BCUT2D eigenvalue weighted by atomic mass is 32.2. The highest BCUT2D eigenvalue weighted by Gasteiger charge is 2.39. The van der Waals surface area contributed by atoms with Crippen LogP contribution in [-0.2, 0) is 14.8 Å². The van der Waals surface area contributed by atoms with Gasteiger partial charge in [-0.05, 0) is 55.7 Å². The van der Waals surface area contributed by atoms with E-state index in [-0.39, 0.29) is 23.7 Å². The summed E-state index contributed by atoms with van der Waals surface area (Å²) >= 11 is 0. The normalized spacial score (nSPS) is 23.3. The molecule has 0 amide bonds. The molecule has 0 spiro atoms. The minimum atomic E-state index is -3.35. The third-order valence-corrected chi connectivity index (χ3v) is 6.69. The van der Waals surface area contributed by atoms with E-state index in [2.05, 4.69) is 0 Å². The van der Waals surface area contributed by atoms with Crippen LogP contribution in [0, 0.1) is 11.7 Å². The Morgan fingerprint density at radius 1 is 1.26 bits per heavy atom. The van der Waals surface area contributed by atoms with Gasteiger partial charge in [0, 0.05) is 13.7 Å². The van der Waals surface area contributed by atoms with Gasteiger partial charge in [0.25, 0.3) is 0 Å². The second-order valence-corrected chi connectivity index (χ2v) is 8.74. The van der Waals surface area contributed by atoms with Crippen molar-refractivity contribution in [1.29, 1.82) is 0 Å². The molecule has 2 fully saturated rings. The highest BCUT2D eigenvalue weighted by molar-refractivity contribution is 7.89. The first-order valence-electron chi connectivity index (χ1n) is 8.30. The lowest BCUT2D eigenvalue weighted by Gasteiger charge is -2.28. The third kappa shape index (κ3) is 4.11. The standard InChI is InChI=1S/C17H24FNO3S/c1-19(23(20,21)12-10-16-3-2-11-22-16)17(13-4-5-13)14-6-8-15(18)9-7-14/h6-9,13,16-17H,2-5,10-12H2,1H3/t16-,17-/m1/s1. The van der Waals surface area contributed by atoms with E-state index >= 15 is 0 Å². The predicted octanol–water partition coefficient (Wildman–Crippen LogP) is 3.11. The maximum absolute atomic E-state index is 13.1. The number of sulfonamides is 1. The molecule has 0 aromatic heterocycles. The van der Waals surface area contributed by atoms with E-state index in [1.165, 1.54) is 16.4 Å². The minimum Gasteiger partial charge on any atom is -0.378 e. The summed E-state index contributed by atoms with van der Waals surface area (Å²) in [5.41, 5.74) is 0.872. The summed E-state index contributed by atoms with van der Waals surface area (Å²) in [7, 11) is -1.70. The molecule has 23 heavy (non-hydrogen) atoms. The largest absolute Gasteiger partial charge is 0.378 e. The van der Waals surface area contributed by atoms with E-state index in [9.17, 15) is 12.8 Å². The summed E-state index contributed by atoms with van der Waals surface area (Å²) in [6.07, 6.45) is 4.63. The average Bonchev–Trinajstić information content (AvgIpc) is 3.21. The lowest BCUT2D eigenvalue weighted by molar-refractivity contribution is 0.108. The molecule has 3 rings (SSSR count). The Labute approximate surface area is 137 Å². The zero-order valence-electron chi connectivity index (χ0n) is 13.4. The van der Waals surface area contributed by atoms with Crippen LogP contribution in [0.4, 0.5) is 4.39 Å². The van der Waals surface area contributed by atoms with Gasteiger partial charge in [-0.25, -0.2) is 12.8 Å². The maximum atomic E-state index is 13.1. The fraction of sp³-hybridized carbons (Fsp3) is 0.647. The molecule has 0 radical (unpaired) electrons. The molecule has 4 nitrogen and oxygen atoms in total. The quantitative estimate of drug-likeness (QED) is 0.765. The van der Waals surface area contributed by atoms with Crippen LogP contribution >= 0.6 is 0 Å². The predicted molar refractivity (Wildman–Crippen MR) is 87.0 cm³/mol. The zero-order valence-corrected chi connectivity index (χ0v) is 14.3. The average molecular weight is 341 g/mol. The number of benzene rings is 1. The minimum absolute atomic E-state index is 0.0726. The molecule has 2 aliphatic rings. The van der Waals surface area contributed by atoms with E-state index < -0.39 is 10.0 Å². The van der Waals surface area contributed by atoms with E-state index in [1.54, 1.807) is 19.2 Å². The van der Waals surface area contributed by atoms with Crippen molar-refractivity contribution in [2.24, 2.45) is 5.92 Å². The van der Waals surface area contributed by atoms with Gasteiger partial charge in [-0.1, -0.05) is 12.1 Å². The molecule has 1 aromatic carbocycles. The van der Waals surface area contributed by atoms with Crippen LogP contribution < -0.4 is 0 Å². The van der Waals surface area contributed by atoms with Crippen LogP contribution in [0.25, 0.3) is 0 Å². The maximum Gasteiger partial charge on any atom is 0.214 e. The number of halogens is 1. The van der Waals surface area contributed by atoms with E-state index in [0.29, 0.717) is 12.3 Å². The fourth-order valence-electron chi connectivity index (χ4n) is 3.32. The van der Waals surface area contributed by atoms with Crippen molar-refractivity contribution >= 4 is 10.0 Å². The SMILES string of the molecule is CN([C@@H](c1ccc(F)cc1)C1CC1)S(=O)(=O)CC[C@H]1CCCO1. The Balaban J connectivity index is 1.71. The van der Waals surface area contributed by atoms with Gasteiger partial charge >= 0.3 is 0 Å². The molecule has 1 saturated heterocycles. The van der Waals surface area contributed by atoms with E-state index in [1.807, 2.05) is 0 Å². The zero-order chi connectivity index (χ0) is 16.4. The van der Waals surface area contributed by atoms with Crippen molar-refractivity contribution in [3.05, 3.63) is 35.6 Å². The first kappa shape index (κ1) is 16.9. The first-order chi connectivity index (χ1) is 11.0. The summed E-state index contributed by atoms with van der Waals surface area (Å²) in [5, 5.41) is 0. The molecule has 1 aliphatic heterocycles. The second kappa shape index (κ2) is 6.87. The van der Waals surface area contributed by atoms with Crippen molar-refractivity contribution < 1.29 is 17.5 Å². The van der Waals surface area contributed by atoms with E-state index in [4.69, 9.17) is 4.74 Å². The van der Waals surface area contributed by atoms with Crippen molar-refractivity contribution in [3.63, 3.8) is 0 Å². The smallest absolute Gasteiger partial charge is 0.214 e. The van der Waals surface area contributed by atoms with E-state index in [0.717, 1.165) is 37.9 Å². The van der Waals surface area contributed by atoms with Crippen LogP contribution in [0.15, 0.2) is 24.3 Å². The molecule has 0 N–H and O–H groups in total. The Morgan fingerprint density at radius 2 is 1.96 bits per heavy atom. The topological polar surface area (TPSA) is 46.6 Å². The Bertz CT molecular complexity index is 622. The number of nitrogens with zero attached hydrogens (tertiary/aromatic N) is 1. The molecule has 1 aliphatic carbocycles. The molecule has 0 bridgehead atoms. The molecule has 1 saturated carbocycles. The Hall–Kier alpha value is -0.980. The number of hydrogen-bond acceptors (Lipinski definition) is 3. The Morgan fingerprint density at radius 3 is 2.52 bits per heavy atom. The number of rotatable bonds is 7. The lowest BCUT2D eigenvalue weighted by Crippen LogP contribution is -2.35. The van der Waals surface area contributed by atoms with Crippen LogP contribution in [0.3, 0.4) is 0 Å². The van der Waals surface area contributed by atoms with Crippen molar-refractivity contribution in [2.45, 2.75) is 44.2 Å². The van der Waals surface area contributed by atoms with Crippen LogP contribution in [0.2, 0.25) is 0 Å². The summed E-state index contributed by atoms with van der Waals surface area (Å²) in [4.78, 5) is 0. The monoisotopic (exact) mass is 341 g/mol. The molecule has 1 aromatic rings. The number of ether oxygens (including phenoxy) is 1. The van der Waals surface area contributed by atoms with Gasteiger partial charge in [-0.2, -0.15) is 4.31 Å². The first-order valence-corrected chi connectivity index (χ1v) is 9.91. The second-order valence-electron chi connectivity index (χ2n) is 6.59. The molecular weight excluding hydrogens is 317 g/mol. The summed E-state index contributed by atoms with van der Waals surface area (Å²) < 4.78 is 45.6. The van der Waals surface area contributed by atoms with Gasteiger partial charge in [0.15, 0.2) is 0 Å². The number of hydrogen-bond donors (Lipinski definition) is 0. The van der Waals surface area contributed by atoms with Gasteiger partial charge in [0.2, 0.25) is 10.0 Å². The molecule has 6 heteroatoms. The highest BCUT2D eigenvalue weighted by Crippen LogP contribution is 2.45. The van der Waals surface area contributed by atoms with Crippen molar-refractivity contribution in [2.75, 3.05) is 19.4 Å². The van der Waals surface area contributed by atoms with Crippen molar-refractivity contribution in [3.8, 4) is 0 Å². The van der Waals surface area contributed by atoms with Crippen LogP contribution in [0.5, 0.6) is 0 Å². The Kier molecular flexibility index (Phi) is 5.04. The molecule has 0 unspecified atom stereocenters. The van der Waals surface area contributed by atoms with Crippen LogP contribution in [-0.4, -0.2) is 38.2 Å². The van der Waals surface area contributed by atoms with Gasteiger partial charge < -0.3 is 4.74 Å². The molecule has 1 heterocycles. The van der Waals surface area contributed by atoms with Gasteiger partial charge in [0.1, 0.15) is 5.82 Å². The van der Waals surface area contributed by atoms with Gasteiger partial charge in [-0.3, -0.25) is 0 Å². The fourth-order valence-corrected chi connectivity index (χ4v) is 4.81. The summed E-state index contributed by atoms with van der Waals surface area (Å²) in [6, 6.07) is 6.01. The van der Waals surface area contributed by atoms with Gasteiger partial charge in [0.05, 0.1) is 17.9 Å². The third-order valence-electron chi connectivity index (χ3n) is 4.83. The summed E-state index contributed by atoms with van der Waals surface area (Å²) in [6.45, 7) is 0.737. The van der Waals surface area contributed by atoms with Crippen LogP contribution in [0.1, 0.15) is 43.7 Å². The van der Waals surface area contributed by atoms with Gasteiger partial charge in [-0.15, -0.1) is 0 Å².